The summed E-state index contributed by atoms with van der Waals surface area (Å²) >= 11 is 0. The first-order chi connectivity index (χ1) is 13.8. The van der Waals surface area contributed by atoms with E-state index in [9.17, 15) is 5.11 Å². The van der Waals surface area contributed by atoms with Gasteiger partial charge >= 0.3 is 0 Å². The highest BCUT2D eigenvalue weighted by Crippen LogP contribution is 2.33. The second-order valence-corrected chi connectivity index (χ2v) is 7.90. The standard InChI is InChI=1S/C21H34N6O2/c1-6-27(7-2)15-8-10-19(29-14-16(28)13-23-21(3,4)5)17(12-15)18-9-11-20(24-22)26-25-18/h8-12,16,23,28H,6-7,13-14,22H2,1-5H3,(H,24,26). The first-order valence-corrected chi connectivity index (χ1v) is 10.0. The Labute approximate surface area is 173 Å². The summed E-state index contributed by atoms with van der Waals surface area (Å²) < 4.78 is 5.96. The zero-order chi connectivity index (χ0) is 21.4. The molecular weight excluding hydrogens is 368 g/mol. The number of aromatic nitrogens is 2. The predicted octanol–water partition coefficient (Wildman–Crippen LogP) is 2.40. The van der Waals surface area contributed by atoms with Gasteiger partial charge < -0.3 is 25.5 Å². The fourth-order valence-electron chi connectivity index (χ4n) is 2.85. The van der Waals surface area contributed by atoms with Crippen molar-refractivity contribution in [3.05, 3.63) is 30.3 Å². The molecule has 0 amide bonds. The van der Waals surface area contributed by atoms with Gasteiger partial charge in [-0.1, -0.05) is 0 Å². The number of anilines is 2. The van der Waals surface area contributed by atoms with E-state index in [0.29, 0.717) is 23.8 Å². The van der Waals surface area contributed by atoms with Crippen LogP contribution in [0.15, 0.2) is 30.3 Å². The van der Waals surface area contributed by atoms with E-state index in [-0.39, 0.29) is 12.1 Å². The molecule has 5 N–H and O–H groups in total. The molecule has 0 aliphatic carbocycles. The van der Waals surface area contributed by atoms with Crippen LogP contribution in [0.3, 0.4) is 0 Å². The maximum absolute atomic E-state index is 10.3. The van der Waals surface area contributed by atoms with Crippen molar-refractivity contribution in [3.63, 3.8) is 0 Å². The van der Waals surface area contributed by atoms with Gasteiger partial charge in [0.1, 0.15) is 18.5 Å². The number of aliphatic hydroxyl groups excluding tert-OH is 1. The maximum atomic E-state index is 10.3. The van der Waals surface area contributed by atoms with Gasteiger partial charge in [0, 0.05) is 36.4 Å². The molecule has 1 atom stereocenters. The van der Waals surface area contributed by atoms with E-state index < -0.39 is 6.10 Å². The van der Waals surface area contributed by atoms with Crippen LogP contribution in [-0.4, -0.2) is 53.2 Å². The molecule has 1 aromatic carbocycles. The average molecular weight is 403 g/mol. The zero-order valence-electron chi connectivity index (χ0n) is 18.1. The fourth-order valence-corrected chi connectivity index (χ4v) is 2.85. The molecule has 0 radical (unpaired) electrons. The number of hydrogen-bond acceptors (Lipinski definition) is 8. The second-order valence-electron chi connectivity index (χ2n) is 7.90. The molecule has 8 heteroatoms. The number of nitrogens with two attached hydrogens (primary N) is 1. The molecule has 1 heterocycles. The SMILES string of the molecule is CCN(CC)c1ccc(OCC(O)CNC(C)(C)C)c(-c2ccc(NN)nn2)c1. The third-order valence-corrected chi connectivity index (χ3v) is 4.48. The Balaban J connectivity index is 2.25. The number of hydrazine groups is 1. The third kappa shape index (κ3) is 6.85. The highest BCUT2D eigenvalue weighted by Gasteiger charge is 2.16. The van der Waals surface area contributed by atoms with Gasteiger partial charge in [0.25, 0.3) is 0 Å². The van der Waals surface area contributed by atoms with Gasteiger partial charge in [-0.2, -0.15) is 0 Å². The Kier molecular flexibility index (Phi) is 8.19. The predicted molar refractivity (Wildman–Crippen MR) is 118 cm³/mol. The van der Waals surface area contributed by atoms with Crippen molar-refractivity contribution in [1.82, 2.24) is 15.5 Å². The van der Waals surface area contributed by atoms with Crippen LogP contribution >= 0.6 is 0 Å². The normalized spacial score (nSPS) is 12.5. The van der Waals surface area contributed by atoms with E-state index in [2.05, 4.69) is 60.5 Å². The van der Waals surface area contributed by atoms with E-state index in [0.717, 1.165) is 24.3 Å². The molecule has 8 nitrogen and oxygen atoms in total. The summed E-state index contributed by atoms with van der Waals surface area (Å²) in [7, 11) is 0. The van der Waals surface area contributed by atoms with Crippen molar-refractivity contribution in [2.24, 2.45) is 5.84 Å². The van der Waals surface area contributed by atoms with Crippen LogP contribution in [0, 0.1) is 0 Å². The lowest BCUT2D eigenvalue weighted by molar-refractivity contribution is 0.100. The van der Waals surface area contributed by atoms with Crippen LogP contribution in [0.4, 0.5) is 11.5 Å². The van der Waals surface area contributed by atoms with Gasteiger partial charge in [-0.3, -0.25) is 0 Å². The molecule has 1 aromatic heterocycles. The largest absolute Gasteiger partial charge is 0.490 e. The molecule has 29 heavy (non-hydrogen) atoms. The summed E-state index contributed by atoms with van der Waals surface area (Å²) in [5.41, 5.74) is 4.99. The van der Waals surface area contributed by atoms with Crippen molar-refractivity contribution in [2.45, 2.75) is 46.3 Å². The number of β-amino-alcohol motifs (C(OH)–C–C–N with tert-alkyl or cyclic N) is 1. The molecule has 0 bridgehead atoms. The summed E-state index contributed by atoms with van der Waals surface area (Å²) in [4.78, 5) is 2.25. The number of benzene rings is 1. The van der Waals surface area contributed by atoms with Crippen LogP contribution < -0.4 is 26.2 Å². The highest BCUT2D eigenvalue weighted by atomic mass is 16.5. The lowest BCUT2D eigenvalue weighted by Crippen LogP contribution is -2.42. The monoisotopic (exact) mass is 402 g/mol. The second kappa shape index (κ2) is 10.4. The van der Waals surface area contributed by atoms with E-state index >= 15 is 0 Å². The van der Waals surface area contributed by atoms with Gasteiger partial charge in [-0.15, -0.1) is 10.2 Å². The number of nitrogens with one attached hydrogen (secondary N) is 2. The summed E-state index contributed by atoms with van der Waals surface area (Å²) in [6.07, 6.45) is -0.626. The van der Waals surface area contributed by atoms with Gasteiger partial charge in [-0.05, 0) is 65.0 Å². The lowest BCUT2D eigenvalue weighted by atomic mass is 10.1. The first-order valence-electron chi connectivity index (χ1n) is 10.0. The quantitative estimate of drug-likeness (QED) is 0.354. The highest BCUT2D eigenvalue weighted by molar-refractivity contribution is 5.72. The number of hydrogen-bond donors (Lipinski definition) is 4. The molecule has 0 saturated carbocycles. The third-order valence-electron chi connectivity index (χ3n) is 4.48. The van der Waals surface area contributed by atoms with E-state index in [1.807, 2.05) is 24.3 Å². The Morgan fingerprint density at radius 2 is 1.86 bits per heavy atom. The number of aliphatic hydroxyl groups is 1. The molecular formula is C21H34N6O2. The minimum Gasteiger partial charge on any atom is -0.490 e. The minimum absolute atomic E-state index is 0.0636. The number of nitrogens with zero attached hydrogens (tertiary/aromatic N) is 3. The van der Waals surface area contributed by atoms with Gasteiger partial charge in [-0.25, -0.2) is 5.84 Å². The van der Waals surface area contributed by atoms with Gasteiger partial charge in [0.05, 0.1) is 5.69 Å². The van der Waals surface area contributed by atoms with Crippen LogP contribution in [0.1, 0.15) is 34.6 Å². The molecule has 2 aromatic rings. The van der Waals surface area contributed by atoms with Crippen molar-refractivity contribution in [1.29, 1.82) is 0 Å². The molecule has 1 unspecified atom stereocenters. The molecule has 0 fully saturated rings. The zero-order valence-corrected chi connectivity index (χ0v) is 18.1. The maximum Gasteiger partial charge on any atom is 0.162 e. The Morgan fingerprint density at radius 1 is 1.14 bits per heavy atom. The smallest absolute Gasteiger partial charge is 0.162 e. The topological polar surface area (TPSA) is 109 Å². The molecule has 0 saturated heterocycles. The van der Waals surface area contributed by atoms with Crippen molar-refractivity contribution < 1.29 is 9.84 Å². The first kappa shape index (κ1) is 22.9. The van der Waals surface area contributed by atoms with Gasteiger partial charge in [0.2, 0.25) is 0 Å². The fraction of sp³-hybridized carbons (Fsp3) is 0.524. The summed E-state index contributed by atoms with van der Waals surface area (Å²) in [5, 5.41) is 21.9. The number of rotatable bonds is 10. The van der Waals surface area contributed by atoms with Crippen molar-refractivity contribution in [2.75, 3.05) is 36.6 Å². The Morgan fingerprint density at radius 3 is 2.41 bits per heavy atom. The average Bonchev–Trinajstić information content (AvgIpc) is 2.71. The summed E-state index contributed by atoms with van der Waals surface area (Å²) in [5.74, 6) is 6.53. The van der Waals surface area contributed by atoms with E-state index in [1.165, 1.54) is 0 Å². The van der Waals surface area contributed by atoms with Crippen LogP contribution in [0.25, 0.3) is 11.3 Å². The molecule has 0 aliphatic rings. The molecule has 160 valence electrons. The molecule has 0 aliphatic heterocycles. The van der Waals surface area contributed by atoms with Crippen LogP contribution in [-0.2, 0) is 0 Å². The molecule has 0 spiro atoms. The van der Waals surface area contributed by atoms with E-state index in [1.54, 1.807) is 6.07 Å². The van der Waals surface area contributed by atoms with E-state index in [4.69, 9.17) is 10.6 Å². The number of nitrogen functional groups attached to an aromatic ring is 1. The van der Waals surface area contributed by atoms with Gasteiger partial charge in [0.15, 0.2) is 5.82 Å². The van der Waals surface area contributed by atoms with Crippen molar-refractivity contribution >= 4 is 11.5 Å². The summed E-state index contributed by atoms with van der Waals surface area (Å²) in [6.45, 7) is 12.8. The van der Waals surface area contributed by atoms with Crippen LogP contribution in [0.2, 0.25) is 0 Å². The molecule has 2 rings (SSSR count). The Bertz CT molecular complexity index is 757. The minimum atomic E-state index is -0.626. The van der Waals surface area contributed by atoms with Crippen molar-refractivity contribution in [3.8, 4) is 17.0 Å². The lowest BCUT2D eigenvalue weighted by Gasteiger charge is -2.24. The van der Waals surface area contributed by atoms with Crippen LogP contribution in [0.5, 0.6) is 5.75 Å². The summed E-state index contributed by atoms with van der Waals surface area (Å²) in [6, 6.07) is 9.59. The number of ether oxygens (including phenoxy) is 1. The Hall–Kier alpha value is -2.42.